The van der Waals surface area contributed by atoms with Crippen LogP contribution in [0.25, 0.3) is 0 Å². The van der Waals surface area contributed by atoms with Crippen molar-refractivity contribution in [3.63, 3.8) is 0 Å². The van der Waals surface area contributed by atoms with Gasteiger partial charge in [0.15, 0.2) is 18.1 Å². The molecule has 156 valence electrons. The number of fused-ring (bicyclic) bond motifs is 1. The number of hydrogen-bond donors (Lipinski definition) is 2. The second kappa shape index (κ2) is 8.04. The van der Waals surface area contributed by atoms with Gasteiger partial charge in [-0.05, 0) is 58.0 Å². The molecule has 0 aliphatic carbocycles. The number of benzene rings is 2. The molecule has 2 N–H and O–H groups in total. The largest absolute Gasteiger partial charge is 0.483 e. The van der Waals surface area contributed by atoms with Gasteiger partial charge in [0.25, 0.3) is 5.91 Å². The fourth-order valence-electron chi connectivity index (χ4n) is 3.14. The number of rotatable bonds is 7. The molecule has 1 heterocycles. The Labute approximate surface area is 171 Å². The van der Waals surface area contributed by atoms with Crippen molar-refractivity contribution >= 4 is 21.6 Å². The Hall–Kier alpha value is -2.58. The molecular weight excluding hydrogens is 392 g/mol. The monoisotopic (exact) mass is 418 g/mol. The van der Waals surface area contributed by atoms with E-state index in [2.05, 4.69) is 10.0 Å². The highest BCUT2D eigenvalue weighted by atomic mass is 32.2. The molecule has 0 aromatic heterocycles. The van der Waals surface area contributed by atoms with E-state index in [1.807, 2.05) is 26.0 Å². The van der Waals surface area contributed by atoms with Crippen LogP contribution in [0.15, 0.2) is 47.4 Å². The summed E-state index contributed by atoms with van der Waals surface area (Å²) in [6.07, 6.45) is 0.784. The van der Waals surface area contributed by atoms with Gasteiger partial charge in [0.05, 0.1) is 4.90 Å². The summed E-state index contributed by atoms with van der Waals surface area (Å²) in [5, 5.41) is 2.70. The number of carbonyl (C=O) groups excluding carboxylic acids is 1. The minimum absolute atomic E-state index is 0.139. The van der Waals surface area contributed by atoms with Crippen LogP contribution >= 0.6 is 0 Å². The van der Waals surface area contributed by atoms with Crippen molar-refractivity contribution < 1.29 is 22.7 Å². The molecule has 3 rings (SSSR count). The number of para-hydroxylation sites is 1. The number of amides is 1. The number of ether oxygens (including phenoxy) is 2. The quantitative estimate of drug-likeness (QED) is 0.721. The highest BCUT2D eigenvalue weighted by Gasteiger charge is 2.32. The summed E-state index contributed by atoms with van der Waals surface area (Å²) in [4.78, 5) is 12.4. The first-order valence-corrected chi connectivity index (χ1v) is 10.9. The van der Waals surface area contributed by atoms with Gasteiger partial charge in [0.2, 0.25) is 10.0 Å². The molecule has 0 bridgehead atoms. The van der Waals surface area contributed by atoms with Gasteiger partial charge in [-0.15, -0.1) is 0 Å². The fourth-order valence-corrected chi connectivity index (χ4v) is 4.39. The van der Waals surface area contributed by atoms with E-state index in [0.717, 1.165) is 12.0 Å². The zero-order chi connectivity index (χ0) is 21.2. The van der Waals surface area contributed by atoms with Crippen molar-refractivity contribution in [3.8, 4) is 11.5 Å². The van der Waals surface area contributed by atoms with Crippen molar-refractivity contribution in [2.75, 3.05) is 11.9 Å². The Kier molecular flexibility index (Phi) is 5.86. The molecule has 0 atom stereocenters. The SMILES string of the molecule is CC(C)NS(=O)(=O)c1ccc(NC(=O)COc2cccc3c2OC(C)(C)C3)cc1. The summed E-state index contributed by atoms with van der Waals surface area (Å²) in [6.45, 7) is 7.32. The first-order chi connectivity index (χ1) is 13.6. The molecule has 0 spiro atoms. The molecule has 2 aromatic rings. The lowest BCUT2D eigenvalue weighted by molar-refractivity contribution is -0.118. The molecule has 0 fully saturated rings. The van der Waals surface area contributed by atoms with E-state index in [-0.39, 0.29) is 29.1 Å². The van der Waals surface area contributed by atoms with Gasteiger partial charge in [0.1, 0.15) is 5.60 Å². The molecule has 29 heavy (non-hydrogen) atoms. The van der Waals surface area contributed by atoms with Crippen LogP contribution in [0.2, 0.25) is 0 Å². The molecule has 1 aliphatic heterocycles. The number of nitrogens with one attached hydrogen (secondary N) is 2. The summed E-state index contributed by atoms with van der Waals surface area (Å²) < 4.78 is 38.4. The maximum absolute atomic E-state index is 12.2. The summed E-state index contributed by atoms with van der Waals surface area (Å²) in [5.74, 6) is 0.859. The molecule has 1 aliphatic rings. The molecule has 0 saturated carbocycles. The zero-order valence-electron chi connectivity index (χ0n) is 17.0. The molecular formula is C21H26N2O5S. The summed E-state index contributed by atoms with van der Waals surface area (Å²) in [6, 6.07) is 11.4. The highest BCUT2D eigenvalue weighted by molar-refractivity contribution is 7.89. The third-order valence-corrected chi connectivity index (χ3v) is 5.93. The third kappa shape index (κ3) is 5.27. The predicted octanol–water partition coefficient (Wildman–Crippen LogP) is 3.10. The molecule has 0 radical (unpaired) electrons. The van der Waals surface area contributed by atoms with Gasteiger partial charge in [-0.25, -0.2) is 13.1 Å². The third-order valence-electron chi connectivity index (χ3n) is 4.25. The summed E-state index contributed by atoms with van der Waals surface area (Å²) in [7, 11) is -3.57. The van der Waals surface area contributed by atoms with Crippen molar-refractivity contribution in [2.45, 2.75) is 50.7 Å². The first-order valence-electron chi connectivity index (χ1n) is 9.42. The molecule has 2 aromatic carbocycles. The molecule has 0 unspecified atom stereocenters. The van der Waals surface area contributed by atoms with Gasteiger partial charge in [-0.3, -0.25) is 4.79 Å². The van der Waals surface area contributed by atoms with Gasteiger partial charge in [0, 0.05) is 23.7 Å². The van der Waals surface area contributed by atoms with Crippen LogP contribution in [0.1, 0.15) is 33.3 Å². The van der Waals surface area contributed by atoms with Crippen LogP contribution in [0.5, 0.6) is 11.5 Å². The van der Waals surface area contributed by atoms with Gasteiger partial charge in [-0.1, -0.05) is 12.1 Å². The van der Waals surface area contributed by atoms with E-state index in [0.29, 0.717) is 17.2 Å². The molecule has 8 heteroatoms. The first kappa shape index (κ1) is 21.1. The van der Waals surface area contributed by atoms with E-state index in [9.17, 15) is 13.2 Å². The van der Waals surface area contributed by atoms with Crippen LogP contribution in [-0.4, -0.2) is 32.6 Å². The number of hydrogen-bond acceptors (Lipinski definition) is 5. The van der Waals surface area contributed by atoms with Crippen molar-refractivity contribution in [1.29, 1.82) is 0 Å². The number of anilines is 1. The maximum Gasteiger partial charge on any atom is 0.262 e. The lowest BCUT2D eigenvalue weighted by Crippen LogP contribution is -2.30. The molecule has 7 nitrogen and oxygen atoms in total. The zero-order valence-corrected chi connectivity index (χ0v) is 17.8. The van der Waals surface area contributed by atoms with E-state index < -0.39 is 10.0 Å². The minimum Gasteiger partial charge on any atom is -0.483 e. The summed E-state index contributed by atoms with van der Waals surface area (Å²) >= 11 is 0. The predicted molar refractivity (Wildman–Crippen MR) is 111 cm³/mol. The van der Waals surface area contributed by atoms with E-state index in [4.69, 9.17) is 9.47 Å². The molecule has 1 amide bonds. The normalized spacial score (nSPS) is 14.9. The second-order valence-corrected chi connectivity index (χ2v) is 9.63. The Morgan fingerprint density at radius 2 is 1.86 bits per heavy atom. The van der Waals surface area contributed by atoms with Gasteiger partial charge < -0.3 is 14.8 Å². The Bertz CT molecular complexity index is 998. The van der Waals surface area contributed by atoms with E-state index >= 15 is 0 Å². The fraction of sp³-hybridized carbons (Fsp3) is 0.381. The lowest BCUT2D eigenvalue weighted by Gasteiger charge is -2.18. The Morgan fingerprint density at radius 3 is 2.52 bits per heavy atom. The lowest BCUT2D eigenvalue weighted by atomic mass is 10.0. The highest BCUT2D eigenvalue weighted by Crippen LogP contribution is 2.41. The van der Waals surface area contributed by atoms with Crippen molar-refractivity contribution in [3.05, 3.63) is 48.0 Å². The van der Waals surface area contributed by atoms with E-state index in [1.54, 1.807) is 32.0 Å². The number of sulfonamides is 1. The van der Waals surface area contributed by atoms with Crippen molar-refractivity contribution in [2.24, 2.45) is 0 Å². The Morgan fingerprint density at radius 1 is 1.17 bits per heavy atom. The Balaban J connectivity index is 1.59. The minimum atomic E-state index is -3.57. The van der Waals surface area contributed by atoms with Crippen LogP contribution in [0.3, 0.4) is 0 Å². The summed E-state index contributed by atoms with van der Waals surface area (Å²) in [5.41, 5.74) is 1.24. The average molecular weight is 419 g/mol. The average Bonchev–Trinajstić information content (AvgIpc) is 2.93. The van der Waals surface area contributed by atoms with Crippen LogP contribution in [0, 0.1) is 0 Å². The number of carbonyl (C=O) groups is 1. The smallest absolute Gasteiger partial charge is 0.262 e. The second-order valence-electron chi connectivity index (χ2n) is 7.92. The van der Waals surface area contributed by atoms with Crippen LogP contribution < -0.4 is 19.5 Å². The van der Waals surface area contributed by atoms with Crippen LogP contribution in [-0.2, 0) is 21.2 Å². The van der Waals surface area contributed by atoms with Gasteiger partial charge in [-0.2, -0.15) is 0 Å². The van der Waals surface area contributed by atoms with Gasteiger partial charge >= 0.3 is 0 Å². The van der Waals surface area contributed by atoms with Crippen LogP contribution in [0.4, 0.5) is 5.69 Å². The molecule has 0 saturated heterocycles. The standard InChI is InChI=1S/C21H26N2O5S/c1-14(2)23-29(25,26)17-10-8-16(9-11-17)22-19(24)13-27-18-7-5-6-15-12-21(3,4)28-20(15)18/h5-11,14,23H,12-13H2,1-4H3,(H,22,24). The van der Waals surface area contributed by atoms with Crippen molar-refractivity contribution in [1.82, 2.24) is 4.72 Å². The van der Waals surface area contributed by atoms with E-state index in [1.165, 1.54) is 12.1 Å². The topological polar surface area (TPSA) is 93.7 Å². The maximum atomic E-state index is 12.2.